The fourth-order valence-corrected chi connectivity index (χ4v) is 2.61. The van der Waals surface area contributed by atoms with Crippen LogP contribution in [0.2, 0.25) is 0 Å². The predicted molar refractivity (Wildman–Crippen MR) is 114 cm³/mol. The van der Waals surface area contributed by atoms with Gasteiger partial charge in [-0.15, -0.1) is 0 Å². The molecule has 4 nitrogen and oxygen atoms in total. The highest BCUT2D eigenvalue weighted by atomic mass is 79.9. The number of carbonyl (C=O) groups is 2. The van der Waals surface area contributed by atoms with Crippen LogP contribution in [-0.2, 0) is 9.53 Å². The molecule has 2 rings (SSSR count). The molecule has 0 aromatic heterocycles. The van der Waals surface area contributed by atoms with Crippen LogP contribution >= 0.6 is 15.9 Å². The Balaban J connectivity index is 2.19. The van der Waals surface area contributed by atoms with E-state index in [-0.39, 0.29) is 11.3 Å². The fourth-order valence-electron chi connectivity index (χ4n) is 2.35. The Hall–Kier alpha value is -2.54. The van der Waals surface area contributed by atoms with Crippen LogP contribution in [0, 0.1) is 11.6 Å². The molecule has 0 aliphatic heterocycles. The first-order valence-electron chi connectivity index (χ1n) is 9.18. The lowest BCUT2D eigenvalue weighted by atomic mass is 10.1. The Labute approximate surface area is 183 Å². The quantitative estimate of drug-likeness (QED) is 0.283. The summed E-state index contributed by atoms with van der Waals surface area (Å²) < 4.78 is 40.5. The Morgan fingerprint density at radius 3 is 2.10 bits per heavy atom. The molecule has 0 amide bonds. The van der Waals surface area contributed by atoms with Gasteiger partial charge < -0.3 is 9.47 Å². The first-order chi connectivity index (χ1) is 13.8. The van der Waals surface area contributed by atoms with Crippen LogP contribution in [0.3, 0.4) is 0 Å². The molecule has 0 bridgehead atoms. The van der Waals surface area contributed by atoms with Crippen LogP contribution in [0.4, 0.5) is 8.78 Å². The zero-order valence-corrected chi connectivity index (χ0v) is 19.0. The molecule has 160 valence electrons. The maximum absolute atomic E-state index is 14.5. The van der Waals surface area contributed by atoms with E-state index < -0.39 is 34.6 Å². The number of benzene rings is 2. The highest BCUT2D eigenvalue weighted by Gasteiger charge is 2.36. The third-order valence-corrected chi connectivity index (χ3v) is 4.40. The number of ketones is 1. The summed E-state index contributed by atoms with van der Waals surface area (Å²) in [5, 5.41) is 0. The molecule has 0 saturated heterocycles. The fraction of sp³-hybridized carbons (Fsp3) is 0.304. The first-order valence-corrected chi connectivity index (χ1v) is 9.98. The third-order valence-electron chi connectivity index (χ3n) is 3.88. The number of halogens is 3. The van der Waals surface area contributed by atoms with Crippen molar-refractivity contribution in [2.75, 3.05) is 0 Å². The summed E-state index contributed by atoms with van der Waals surface area (Å²) in [5.74, 6) is -3.94. The molecule has 2 aromatic carbocycles. The number of ether oxygens (including phenoxy) is 2. The van der Waals surface area contributed by atoms with E-state index in [1.165, 1.54) is 32.1 Å². The van der Waals surface area contributed by atoms with Gasteiger partial charge in [-0.05, 0) is 83.2 Å². The SMILES string of the molecule is CC(C)(C)OC(=O)C(C)(C)Oc1ccc(/C=C/C(=O)c2ccc(Br)cc2)c(F)c1F. The maximum Gasteiger partial charge on any atom is 0.350 e. The van der Waals surface area contributed by atoms with Crippen LogP contribution in [0.25, 0.3) is 6.08 Å². The molecule has 0 unspecified atom stereocenters. The summed E-state index contributed by atoms with van der Waals surface area (Å²) in [7, 11) is 0. The molecule has 30 heavy (non-hydrogen) atoms. The Morgan fingerprint density at radius 2 is 1.53 bits per heavy atom. The summed E-state index contributed by atoms with van der Waals surface area (Å²) in [4.78, 5) is 24.4. The van der Waals surface area contributed by atoms with Gasteiger partial charge in [0.15, 0.2) is 23.0 Å². The van der Waals surface area contributed by atoms with Crippen LogP contribution in [-0.4, -0.2) is 23.0 Å². The lowest BCUT2D eigenvalue weighted by Gasteiger charge is -2.29. The van der Waals surface area contributed by atoms with E-state index in [0.29, 0.717) is 5.56 Å². The largest absolute Gasteiger partial charge is 0.473 e. The molecule has 0 N–H and O–H groups in total. The zero-order chi connectivity index (χ0) is 22.7. The average molecular weight is 481 g/mol. The summed E-state index contributed by atoms with van der Waals surface area (Å²) >= 11 is 3.28. The van der Waals surface area contributed by atoms with Crippen molar-refractivity contribution in [1.29, 1.82) is 0 Å². The second-order valence-electron chi connectivity index (χ2n) is 8.10. The molecule has 0 aliphatic carbocycles. The summed E-state index contributed by atoms with van der Waals surface area (Å²) in [6.07, 6.45) is 2.35. The van der Waals surface area contributed by atoms with E-state index in [1.807, 2.05) is 0 Å². The molecule has 0 spiro atoms. The molecular weight excluding hydrogens is 458 g/mol. The van der Waals surface area contributed by atoms with E-state index in [0.717, 1.165) is 10.5 Å². The number of hydrogen-bond donors (Lipinski definition) is 0. The van der Waals surface area contributed by atoms with E-state index in [4.69, 9.17) is 9.47 Å². The lowest BCUT2D eigenvalue weighted by Crippen LogP contribution is -2.43. The van der Waals surface area contributed by atoms with Crippen LogP contribution in [0.15, 0.2) is 46.9 Å². The molecule has 0 aliphatic rings. The molecule has 2 aromatic rings. The van der Waals surface area contributed by atoms with Crippen LogP contribution < -0.4 is 4.74 Å². The van der Waals surface area contributed by atoms with Crippen molar-refractivity contribution < 1.29 is 27.8 Å². The summed E-state index contributed by atoms with van der Waals surface area (Å²) in [6.45, 7) is 7.89. The second-order valence-corrected chi connectivity index (χ2v) is 9.02. The molecule has 0 heterocycles. The Morgan fingerprint density at radius 1 is 0.933 bits per heavy atom. The van der Waals surface area contributed by atoms with Crippen molar-refractivity contribution in [2.45, 2.75) is 45.8 Å². The van der Waals surface area contributed by atoms with Gasteiger partial charge in [0.25, 0.3) is 0 Å². The average Bonchev–Trinajstić information content (AvgIpc) is 2.63. The minimum atomic E-state index is -1.53. The van der Waals surface area contributed by atoms with Crippen molar-refractivity contribution in [3.8, 4) is 5.75 Å². The second kappa shape index (κ2) is 9.08. The Kier molecular flexibility index (Phi) is 7.18. The smallest absolute Gasteiger partial charge is 0.350 e. The van der Waals surface area contributed by atoms with E-state index in [2.05, 4.69) is 15.9 Å². The van der Waals surface area contributed by atoms with Gasteiger partial charge in [-0.2, -0.15) is 4.39 Å². The number of carbonyl (C=O) groups excluding carboxylic acids is 2. The van der Waals surface area contributed by atoms with Gasteiger partial charge in [-0.25, -0.2) is 9.18 Å². The summed E-state index contributed by atoms with van der Waals surface area (Å²) in [6, 6.07) is 9.12. The van der Waals surface area contributed by atoms with Gasteiger partial charge in [0.05, 0.1) is 0 Å². The zero-order valence-electron chi connectivity index (χ0n) is 17.4. The van der Waals surface area contributed by atoms with Gasteiger partial charge in [-0.1, -0.05) is 15.9 Å². The highest BCUT2D eigenvalue weighted by molar-refractivity contribution is 9.10. The van der Waals surface area contributed by atoms with Gasteiger partial charge in [0, 0.05) is 15.6 Å². The van der Waals surface area contributed by atoms with Crippen molar-refractivity contribution in [1.82, 2.24) is 0 Å². The van der Waals surface area contributed by atoms with Crippen molar-refractivity contribution in [3.05, 3.63) is 69.7 Å². The molecule has 0 fully saturated rings. The van der Waals surface area contributed by atoms with Crippen LogP contribution in [0.5, 0.6) is 5.75 Å². The minimum Gasteiger partial charge on any atom is -0.473 e. The van der Waals surface area contributed by atoms with Crippen molar-refractivity contribution in [2.24, 2.45) is 0 Å². The number of hydrogen-bond acceptors (Lipinski definition) is 4. The van der Waals surface area contributed by atoms with Gasteiger partial charge in [-0.3, -0.25) is 4.79 Å². The third kappa shape index (κ3) is 6.23. The molecule has 0 atom stereocenters. The topological polar surface area (TPSA) is 52.6 Å². The van der Waals surface area contributed by atoms with E-state index in [9.17, 15) is 18.4 Å². The van der Waals surface area contributed by atoms with Crippen molar-refractivity contribution in [3.63, 3.8) is 0 Å². The highest BCUT2D eigenvalue weighted by Crippen LogP contribution is 2.28. The molecule has 0 radical (unpaired) electrons. The molecule has 7 heteroatoms. The first kappa shape index (κ1) is 23.7. The maximum atomic E-state index is 14.5. The molecule has 0 saturated carbocycles. The van der Waals surface area contributed by atoms with E-state index in [1.54, 1.807) is 45.0 Å². The van der Waals surface area contributed by atoms with Crippen LogP contribution in [0.1, 0.15) is 50.5 Å². The van der Waals surface area contributed by atoms with Crippen molar-refractivity contribution >= 4 is 33.8 Å². The number of esters is 1. The Bertz CT molecular complexity index is 974. The monoisotopic (exact) mass is 480 g/mol. The minimum absolute atomic E-state index is 0.125. The van der Waals surface area contributed by atoms with E-state index >= 15 is 0 Å². The number of rotatable bonds is 6. The lowest BCUT2D eigenvalue weighted by molar-refractivity contribution is -0.171. The molecular formula is C23H23BrF2O4. The van der Waals surface area contributed by atoms with Gasteiger partial charge in [0.1, 0.15) is 5.60 Å². The standard InChI is InChI=1S/C23H23BrF2O4/c1-22(2,3)30-21(28)23(4,5)29-18-13-9-15(19(25)20(18)26)8-12-17(27)14-6-10-16(24)11-7-14/h6-13H,1-5H3/b12-8+. The number of allylic oxidation sites excluding steroid dienone is 1. The van der Waals surface area contributed by atoms with Gasteiger partial charge >= 0.3 is 5.97 Å². The normalized spacial score (nSPS) is 12.1. The summed E-state index contributed by atoms with van der Waals surface area (Å²) in [5.41, 5.74) is -2.00. The van der Waals surface area contributed by atoms with Gasteiger partial charge in [0.2, 0.25) is 5.82 Å². The predicted octanol–water partition coefficient (Wildman–Crippen LogP) is 6.12.